The van der Waals surface area contributed by atoms with E-state index in [0.29, 0.717) is 18.4 Å². The molecule has 2 aliphatic rings. The van der Waals surface area contributed by atoms with Crippen LogP contribution in [0.25, 0.3) is 0 Å². The van der Waals surface area contributed by atoms with Crippen molar-refractivity contribution in [2.45, 2.75) is 26.1 Å². The first-order chi connectivity index (χ1) is 11.3. The molecule has 1 aliphatic heterocycles. The molecule has 0 bridgehead atoms. The maximum absolute atomic E-state index is 12.2. The minimum absolute atomic E-state index is 0.148. The van der Waals surface area contributed by atoms with Gasteiger partial charge in [0.2, 0.25) is 5.91 Å². The second-order valence-corrected chi connectivity index (χ2v) is 6.71. The van der Waals surface area contributed by atoms with Crippen LogP contribution in [0.15, 0.2) is 24.3 Å². The standard InChI is InChI=1S/C17H21F3N2O2/c1-11-8-15(11)16(23)21-9-12-6-7-22(10-12)13-2-4-14(5-3-13)24-17(18,19)20/h2-5,11-12,15H,6-10H2,1H3,(H,21,23)/t11-,12+,15-/m1/s1. The molecular weight excluding hydrogens is 321 g/mol. The molecule has 3 rings (SSSR count). The Kier molecular flexibility index (Phi) is 4.60. The van der Waals surface area contributed by atoms with Gasteiger partial charge in [0.1, 0.15) is 5.75 Å². The normalized spacial score (nSPS) is 26.3. The molecule has 3 atom stereocenters. The molecule has 0 aromatic heterocycles. The number of halogens is 3. The van der Waals surface area contributed by atoms with Crippen LogP contribution >= 0.6 is 0 Å². The second-order valence-electron chi connectivity index (χ2n) is 6.71. The van der Waals surface area contributed by atoms with Gasteiger partial charge in [0.05, 0.1) is 0 Å². The fraction of sp³-hybridized carbons (Fsp3) is 0.588. The number of nitrogens with one attached hydrogen (secondary N) is 1. The molecule has 1 amide bonds. The van der Waals surface area contributed by atoms with E-state index in [4.69, 9.17) is 0 Å². The minimum Gasteiger partial charge on any atom is -0.406 e. The fourth-order valence-corrected chi connectivity index (χ4v) is 3.16. The van der Waals surface area contributed by atoms with Crippen LogP contribution in [0, 0.1) is 17.8 Å². The Bertz CT molecular complexity index is 588. The van der Waals surface area contributed by atoms with Gasteiger partial charge < -0.3 is 15.0 Å². The number of benzene rings is 1. The van der Waals surface area contributed by atoms with E-state index < -0.39 is 6.36 Å². The number of alkyl halides is 3. The van der Waals surface area contributed by atoms with Crippen molar-refractivity contribution in [3.05, 3.63) is 24.3 Å². The molecule has 1 N–H and O–H groups in total. The van der Waals surface area contributed by atoms with E-state index in [2.05, 4.69) is 21.9 Å². The molecule has 0 spiro atoms. The van der Waals surface area contributed by atoms with Crippen molar-refractivity contribution < 1.29 is 22.7 Å². The summed E-state index contributed by atoms with van der Waals surface area (Å²) in [5.41, 5.74) is 0.870. The van der Waals surface area contributed by atoms with Crippen LogP contribution in [-0.2, 0) is 4.79 Å². The highest BCUT2D eigenvalue weighted by molar-refractivity contribution is 5.81. The predicted octanol–water partition coefficient (Wildman–Crippen LogP) is 3.18. The molecule has 1 aromatic rings. The van der Waals surface area contributed by atoms with Crippen LogP contribution in [0.1, 0.15) is 19.8 Å². The third kappa shape index (κ3) is 4.33. The van der Waals surface area contributed by atoms with Crippen LogP contribution in [0.2, 0.25) is 0 Å². The van der Waals surface area contributed by atoms with Gasteiger partial charge in [0, 0.05) is 31.2 Å². The summed E-state index contributed by atoms with van der Waals surface area (Å²) in [6.45, 7) is 4.36. The van der Waals surface area contributed by atoms with E-state index in [0.717, 1.165) is 31.6 Å². The van der Waals surface area contributed by atoms with Gasteiger partial charge in [0.15, 0.2) is 0 Å². The summed E-state index contributed by atoms with van der Waals surface area (Å²) in [6, 6.07) is 5.92. The zero-order valence-corrected chi connectivity index (χ0v) is 13.5. The third-order valence-electron chi connectivity index (χ3n) is 4.73. The number of carbonyl (C=O) groups is 1. The van der Waals surface area contributed by atoms with Crippen LogP contribution in [0.5, 0.6) is 5.75 Å². The summed E-state index contributed by atoms with van der Waals surface area (Å²) in [7, 11) is 0. The molecule has 132 valence electrons. The van der Waals surface area contributed by atoms with Gasteiger partial charge in [-0.25, -0.2) is 0 Å². The number of ether oxygens (including phenoxy) is 1. The van der Waals surface area contributed by atoms with E-state index in [9.17, 15) is 18.0 Å². The van der Waals surface area contributed by atoms with E-state index in [-0.39, 0.29) is 17.6 Å². The Morgan fingerprint density at radius 2 is 2.00 bits per heavy atom. The Labute approximate surface area is 139 Å². The minimum atomic E-state index is -4.67. The summed E-state index contributed by atoms with van der Waals surface area (Å²) in [5.74, 6) is 0.989. The third-order valence-corrected chi connectivity index (χ3v) is 4.73. The molecule has 24 heavy (non-hydrogen) atoms. The van der Waals surface area contributed by atoms with E-state index in [1.54, 1.807) is 12.1 Å². The molecule has 2 fully saturated rings. The smallest absolute Gasteiger partial charge is 0.406 e. The van der Waals surface area contributed by atoms with E-state index in [1.165, 1.54) is 12.1 Å². The van der Waals surface area contributed by atoms with Gasteiger partial charge >= 0.3 is 6.36 Å². The molecule has 1 aromatic carbocycles. The van der Waals surface area contributed by atoms with Crippen molar-refractivity contribution in [2.75, 3.05) is 24.5 Å². The van der Waals surface area contributed by atoms with Crippen LogP contribution < -0.4 is 15.0 Å². The lowest BCUT2D eigenvalue weighted by Gasteiger charge is -2.19. The maximum Gasteiger partial charge on any atom is 0.573 e. The number of nitrogens with zero attached hydrogens (tertiary/aromatic N) is 1. The summed E-state index contributed by atoms with van der Waals surface area (Å²) in [4.78, 5) is 14.0. The highest BCUT2D eigenvalue weighted by Gasteiger charge is 2.39. The van der Waals surface area contributed by atoms with Gasteiger partial charge in [-0.2, -0.15) is 0 Å². The Hall–Kier alpha value is -1.92. The molecule has 1 saturated carbocycles. The van der Waals surface area contributed by atoms with E-state index in [1.807, 2.05) is 0 Å². The van der Waals surface area contributed by atoms with Crippen molar-refractivity contribution in [3.8, 4) is 5.75 Å². The molecule has 7 heteroatoms. The first kappa shape index (κ1) is 16.9. The van der Waals surface area contributed by atoms with Gasteiger partial charge in [-0.3, -0.25) is 4.79 Å². The number of anilines is 1. The van der Waals surface area contributed by atoms with Gasteiger partial charge in [-0.05, 0) is 48.9 Å². The number of hydrogen-bond donors (Lipinski definition) is 1. The zero-order chi connectivity index (χ0) is 17.3. The first-order valence-corrected chi connectivity index (χ1v) is 8.20. The lowest BCUT2D eigenvalue weighted by Crippen LogP contribution is -2.32. The van der Waals surface area contributed by atoms with Gasteiger partial charge in [0.25, 0.3) is 0 Å². The molecular formula is C17H21F3N2O2. The molecule has 1 aliphatic carbocycles. The number of hydrogen-bond acceptors (Lipinski definition) is 3. The van der Waals surface area contributed by atoms with Crippen molar-refractivity contribution in [2.24, 2.45) is 17.8 Å². The number of carbonyl (C=O) groups excluding carboxylic acids is 1. The number of amides is 1. The largest absolute Gasteiger partial charge is 0.573 e. The Balaban J connectivity index is 1.47. The first-order valence-electron chi connectivity index (χ1n) is 8.20. The van der Waals surface area contributed by atoms with Crippen molar-refractivity contribution in [1.29, 1.82) is 0 Å². The van der Waals surface area contributed by atoms with Crippen molar-refractivity contribution >= 4 is 11.6 Å². The van der Waals surface area contributed by atoms with Crippen molar-refractivity contribution in [1.82, 2.24) is 5.32 Å². The van der Waals surface area contributed by atoms with E-state index >= 15 is 0 Å². The monoisotopic (exact) mass is 342 g/mol. The fourth-order valence-electron chi connectivity index (χ4n) is 3.16. The SMILES string of the molecule is C[C@@H]1C[C@H]1C(=O)NC[C@@H]1CCN(c2ccc(OC(F)(F)F)cc2)C1. The topological polar surface area (TPSA) is 41.6 Å². The number of rotatable bonds is 5. The average Bonchev–Trinajstić information content (AvgIpc) is 3.06. The summed E-state index contributed by atoms with van der Waals surface area (Å²) in [6.07, 6.45) is -2.73. The summed E-state index contributed by atoms with van der Waals surface area (Å²) < 4.78 is 40.4. The lowest BCUT2D eigenvalue weighted by atomic mass is 10.1. The molecule has 0 radical (unpaired) electrons. The maximum atomic E-state index is 12.2. The highest BCUT2D eigenvalue weighted by atomic mass is 19.4. The molecule has 1 saturated heterocycles. The zero-order valence-electron chi connectivity index (χ0n) is 13.5. The molecule has 4 nitrogen and oxygen atoms in total. The molecule has 0 unspecified atom stereocenters. The predicted molar refractivity (Wildman–Crippen MR) is 83.7 cm³/mol. The second kappa shape index (κ2) is 6.53. The average molecular weight is 342 g/mol. The van der Waals surface area contributed by atoms with Crippen LogP contribution in [0.3, 0.4) is 0 Å². The molecule has 1 heterocycles. The summed E-state index contributed by atoms with van der Waals surface area (Å²) in [5, 5.41) is 3.01. The Morgan fingerprint density at radius 1 is 1.33 bits per heavy atom. The van der Waals surface area contributed by atoms with Crippen molar-refractivity contribution in [3.63, 3.8) is 0 Å². The lowest BCUT2D eigenvalue weighted by molar-refractivity contribution is -0.274. The van der Waals surface area contributed by atoms with Gasteiger partial charge in [-0.15, -0.1) is 13.2 Å². The Morgan fingerprint density at radius 3 is 2.58 bits per heavy atom. The van der Waals surface area contributed by atoms with Gasteiger partial charge in [-0.1, -0.05) is 6.92 Å². The van der Waals surface area contributed by atoms with Crippen LogP contribution in [0.4, 0.5) is 18.9 Å². The summed E-state index contributed by atoms with van der Waals surface area (Å²) >= 11 is 0. The van der Waals surface area contributed by atoms with Crippen LogP contribution in [-0.4, -0.2) is 31.9 Å². The quantitative estimate of drug-likeness (QED) is 0.894. The highest BCUT2D eigenvalue weighted by Crippen LogP contribution is 2.37.